The first-order chi connectivity index (χ1) is 14.6. The first-order valence-corrected chi connectivity index (χ1v) is 10.3. The van der Waals surface area contributed by atoms with Gasteiger partial charge in [-0.3, -0.25) is 9.89 Å². The number of hydrogen-bond donors (Lipinski definition) is 1. The monoisotopic (exact) mass is 407 g/mol. The van der Waals surface area contributed by atoms with E-state index in [-0.39, 0.29) is 0 Å². The number of rotatable bonds is 5. The second-order valence-electron chi connectivity index (χ2n) is 7.62. The Morgan fingerprint density at radius 2 is 1.93 bits per heavy atom. The summed E-state index contributed by atoms with van der Waals surface area (Å²) in [6, 6.07) is 12.4. The molecule has 3 aromatic rings. The summed E-state index contributed by atoms with van der Waals surface area (Å²) in [5.41, 5.74) is 5.42. The molecule has 0 aliphatic carbocycles. The lowest BCUT2D eigenvalue weighted by molar-refractivity contribution is 0.169. The number of aryl methyl sites for hydroxylation is 2. The van der Waals surface area contributed by atoms with E-state index in [1.807, 2.05) is 24.7 Å². The van der Waals surface area contributed by atoms with Crippen LogP contribution in [0.1, 0.15) is 22.6 Å². The standard InChI is InChI=1S/C22H29N7O/c1-17-14-18(2)29(25-17)21-7-5-4-6-19(21)15-24-22(23-3)28-11-9-27(10-12-28)16-20-8-13-30-26-20/h4-8,13-14H,9-12,15-16H2,1-3H3,(H,23,24). The molecule has 0 amide bonds. The van der Waals surface area contributed by atoms with Gasteiger partial charge in [0.25, 0.3) is 0 Å². The van der Waals surface area contributed by atoms with Crippen LogP contribution in [0.3, 0.4) is 0 Å². The maximum Gasteiger partial charge on any atom is 0.194 e. The molecule has 1 N–H and O–H groups in total. The molecule has 0 radical (unpaired) electrons. The summed E-state index contributed by atoms with van der Waals surface area (Å²) >= 11 is 0. The van der Waals surface area contributed by atoms with Gasteiger partial charge in [0.05, 0.1) is 17.1 Å². The minimum Gasteiger partial charge on any atom is -0.364 e. The van der Waals surface area contributed by atoms with Crippen molar-refractivity contribution in [2.75, 3.05) is 33.2 Å². The second kappa shape index (κ2) is 9.13. The molecule has 3 heterocycles. The lowest BCUT2D eigenvalue weighted by Crippen LogP contribution is -2.52. The van der Waals surface area contributed by atoms with Gasteiger partial charge in [-0.25, -0.2) is 4.68 Å². The number of aliphatic imine (C=N–C) groups is 1. The Hall–Kier alpha value is -3.13. The molecule has 0 saturated carbocycles. The average Bonchev–Trinajstić information content (AvgIpc) is 3.39. The lowest BCUT2D eigenvalue weighted by atomic mass is 10.1. The summed E-state index contributed by atoms with van der Waals surface area (Å²) in [6.45, 7) is 9.42. The zero-order chi connectivity index (χ0) is 20.9. The van der Waals surface area contributed by atoms with Crippen molar-refractivity contribution in [2.45, 2.75) is 26.9 Å². The molecule has 0 spiro atoms. The van der Waals surface area contributed by atoms with Crippen molar-refractivity contribution >= 4 is 5.96 Å². The maximum atomic E-state index is 4.93. The lowest BCUT2D eigenvalue weighted by Gasteiger charge is -2.36. The van der Waals surface area contributed by atoms with E-state index in [1.165, 1.54) is 5.56 Å². The third-order valence-corrected chi connectivity index (χ3v) is 5.43. The number of benzene rings is 1. The Morgan fingerprint density at radius 1 is 1.13 bits per heavy atom. The number of nitrogens with zero attached hydrogens (tertiary/aromatic N) is 6. The zero-order valence-electron chi connectivity index (χ0n) is 17.9. The van der Waals surface area contributed by atoms with Gasteiger partial charge in [0.2, 0.25) is 0 Å². The van der Waals surface area contributed by atoms with Gasteiger partial charge in [-0.15, -0.1) is 0 Å². The van der Waals surface area contributed by atoms with Gasteiger partial charge in [-0.05, 0) is 31.5 Å². The number of guanidine groups is 1. The number of piperazine rings is 1. The van der Waals surface area contributed by atoms with E-state index in [2.05, 4.69) is 67.6 Å². The molecule has 0 atom stereocenters. The number of nitrogens with one attached hydrogen (secondary N) is 1. The molecule has 0 unspecified atom stereocenters. The maximum absolute atomic E-state index is 4.93. The Balaban J connectivity index is 1.37. The van der Waals surface area contributed by atoms with E-state index in [1.54, 1.807) is 6.26 Å². The molecule has 0 bridgehead atoms. The number of hydrogen-bond acceptors (Lipinski definition) is 5. The highest BCUT2D eigenvalue weighted by Gasteiger charge is 2.20. The third-order valence-electron chi connectivity index (χ3n) is 5.43. The summed E-state index contributed by atoms with van der Waals surface area (Å²) in [5.74, 6) is 0.930. The number of para-hydroxylation sites is 1. The summed E-state index contributed by atoms with van der Waals surface area (Å²) in [5, 5.41) is 12.2. The third kappa shape index (κ3) is 4.54. The molecule has 158 valence electrons. The van der Waals surface area contributed by atoms with Gasteiger partial charge in [0.15, 0.2) is 5.96 Å². The van der Waals surface area contributed by atoms with Gasteiger partial charge in [-0.1, -0.05) is 23.4 Å². The van der Waals surface area contributed by atoms with Gasteiger partial charge in [-0.2, -0.15) is 5.10 Å². The van der Waals surface area contributed by atoms with Gasteiger partial charge < -0.3 is 14.7 Å². The highest BCUT2D eigenvalue weighted by molar-refractivity contribution is 5.80. The van der Waals surface area contributed by atoms with E-state index in [4.69, 9.17) is 4.52 Å². The van der Waals surface area contributed by atoms with Crippen LogP contribution in [-0.4, -0.2) is 63.9 Å². The average molecular weight is 408 g/mol. The Kier molecular flexibility index (Phi) is 6.13. The molecule has 1 fully saturated rings. The van der Waals surface area contributed by atoms with E-state index in [0.717, 1.165) is 61.5 Å². The fraction of sp³-hybridized carbons (Fsp3) is 0.409. The predicted octanol–water partition coefficient (Wildman–Crippen LogP) is 2.37. The van der Waals surface area contributed by atoms with E-state index in [0.29, 0.717) is 6.54 Å². The normalized spacial score (nSPS) is 15.6. The van der Waals surface area contributed by atoms with Crippen LogP contribution in [0.5, 0.6) is 0 Å². The van der Waals surface area contributed by atoms with Crippen molar-refractivity contribution in [3.05, 3.63) is 65.3 Å². The SMILES string of the molecule is CN=C(NCc1ccccc1-n1nc(C)cc1C)N1CCN(Cc2ccon2)CC1. The zero-order valence-corrected chi connectivity index (χ0v) is 17.9. The van der Waals surface area contributed by atoms with Crippen LogP contribution in [0.4, 0.5) is 0 Å². The van der Waals surface area contributed by atoms with Crippen molar-refractivity contribution in [3.63, 3.8) is 0 Å². The smallest absolute Gasteiger partial charge is 0.194 e. The van der Waals surface area contributed by atoms with Crippen LogP contribution < -0.4 is 5.32 Å². The first kappa shape index (κ1) is 20.2. The molecule has 1 saturated heterocycles. The molecular weight excluding hydrogens is 378 g/mol. The highest BCUT2D eigenvalue weighted by atomic mass is 16.5. The van der Waals surface area contributed by atoms with Crippen LogP contribution in [-0.2, 0) is 13.1 Å². The molecule has 1 aliphatic rings. The summed E-state index contributed by atoms with van der Waals surface area (Å²) in [4.78, 5) is 9.21. The molecular formula is C22H29N7O. The summed E-state index contributed by atoms with van der Waals surface area (Å²) in [7, 11) is 1.84. The van der Waals surface area contributed by atoms with Gasteiger partial charge >= 0.3 is 0 Å². The quantitative estimate of drug-likeness (QED) is 0.517. The second-order valence-corrected chi connectivity index (χ2v) is 7.62. The van der Waals surface area contributed by atoms with Crippen molar-refractivity contribution < 1.29 is 4.52 Å². The van der Waals surface area contributed by atoms with Crippen molar-refractivity contribution in [1.29, 1.82) is 0 Å². The van der Waals surface area contributed by atoms with Gasteiger partial charge in [0.1, 0.15) is 6.26 Å². The summed E-state index contributed by atoms with van der Waals surface area (Å²) in [6.07, 6.45) is 1.63. The Labute approximate surface area is 177 Å². The number of aromatic nitrogens is 3. The van der Waals surface area contributed by atoms with Crippen LogP contribution in [0.2, 0.25) is 0 Å². The molecule has 30 heavy (non-hydrogen) atoms. The van der Waals surface area contributed by atoms with Crippen LogP contribution in [0, 0.1) is 13.8 Å². The molecule has 8 heteroatoms. The van der Waals surface area contributed by atoms with Crippen LogP contribution in [0.15, 0.2) is 52.2 Å². The Morgan fingerprint density at radius 3 is 2.60 bits per heavy atom. The fourth-order valence-electron chi connectivity index (χ4n) is 3.91. The minimum absolute atomic E-state index is 0.695. The summed E-state index contributed by atoms with van der Waals surface area (Å²) < 4.78 is 6.95. The van der Waals surface area contributed by atoms with Gasteiger partial charge in [0, 0.05) is 58.1 Å². The van der Waals surface area contributed by atoms with Crippen LogP contribution >= 0.6 is 0 Å². The molecule has 1 aliphatic heterocycles. The largest absolute Gasteiger partial charge is 0.364 e. The minimum atomic E-state index is 0.695. The van der Waals surface area contributed by atoms with Crippen molar-refractivity contribution in [1.82, 2.24) is 30.1 Å². The van der Waals surface area contributed by atoms with Crippen molar-refractivity contribution in [2.24, 2.45) is 4.99 Å². The highest BCUT2D eigenvalue weighted by Crippen LogP contribution is 2.17. The molecule has 1 aromatic carbocycles. The van der Waals surface area contributed by atoms with Crippen molar-refractivity contribution in [3.8, 4) is 5.69 Å². The van der Waals surface area contributed by atoms with Crippen LogP contribution in [0.25, 0.3) is 5.69 Å². The Bertz CT molecular complexity index is 985. The topological polar surface area (TPSA) is 74.7 Å². The first-order valence-electron chi connectivity index (χ1n) is 10.3. The van der Waals surface area contributed by atoms with E-state index >= 15 is 0 Å². The predicted molar refractivity (Wildman–Crippen MR) is 117 cm³/mol. The molecule has 4 rings (SSSR count). The van der Waals surface area contributed by atoms with E-state index < -0.39 is 0 Å². The molecule has 8 nitrogen and oxygen atoms in total. The van der Waals surface area contributed by atoms with E-state index in [9.17, 15) is 0 Å². The molecule has 2 aromatic heterocycles. The fourth-order valence-corrected chi connectivity index (χ4v) is 3.91.